The zero-order chi connectivity index (χ0) is 62.9. The predicted molar refractivity (Wildman–Crippen MR) is 353 cm³/mol. The molecule has 10 rings (SSSR count). The van der Waals surface area contributed by atoms with E-state index in [1.807, 2.05) is 138 Å². The van der Waals surface area contributed by atoms with Crippen molar-refractivity contribution in [1.29, 1.82) is 0 Å². The zero-order valence-electron chi connectivity index (χ0n) is 51.3. The molecule has 8 aromatic rings. The van der Waals surface area contributed by atoms with E-state index in [-0.39, 0.29) is 49.1 Å². The number of carbonyl (C=O) groups excluding carboxylic acids is 5. The first-order valence-corrected chi connectivity index (χ1v) is 33.3. The summed E-state index contributed by atoms with van der Waals surface area (Å²) in [5, 5.41) is 21.6. The van der Waals surface area contributed by atoms with Crippen molar-refractivity contribution in [3.63, 3.8) is 0 Å². The average molecular weight is 1280 g/mol. The molecule has 466 valence electrons. The number of esters is 1. The summed E-state index contributed by atoms with van der Waals surface area (Å²) in [4.78, 5) is 92.1. The number of thiazole rings is 3. The van der Waals surface area contributed by atoms with Crippen LogP contribution in [-0.4, -0.2) is 105 Å². The second-order valence-corrected chi connectivity index (χ2v) is 27.4. The molecule has 4 N–H and O–H groups in total. The summed E-state index contributed by atoms with van der Waals surface area (Å²) in [6.07, 6.45) is 8.46. The number of benzene rings is 4. The molecule has 89 heavy (non-hydrogen) atoms. The number of anilines is 2. The van der Waals surface area contributed by atoms with Crippen molar-refractivity contribution in [2.45, 2.75) is 143 Å². The summed E-state index contributed by atoms with van der Waals surface area (Å²) in [6, 6.07) is 27.3. The number of fused-ring (bicyclic) bond motifs is 2. The van der Waals surface area contributed by atoms with Crippen LogP contribution < -0.4 is 25.6 Å². The van der Waals surface area contributed by atoms with Crippen molar-refractivity contribution in [1.82, 2.24) is 35.5 Å². The van der Waals surface area contributed by atoms with Crippen molar-refractivity contribution in [2.24, 2.45) is 5.41 Å². The van der Waals surface area contributed by atoms with Gasteiger partial charge in [0, 0.05) is 54.7 Å². The molecule has 6 heterocycles. The highest BCUT2D eigenvalue weighted by molar-refractivity contribution is 7.22. The number of aliphatic hydroxyl groups is 1. The number of β-amino-alcohol motifs (C(OH)–C–C–N with tert-alkyl or cyclic N) is 1. The maximum absolute atomic E-state index is 14.2. The number of rotatable bonds is 24. The molecule has 4 aromatic heterocycles. The molecule has 0 saturated carbocycles. The predicted octanol–water partition coefficient (Wildman–Crippen LogP) is 13.1. The fourth-order valence-corrected chi connectivity index (χ4v) is 14.6. The van der Waals surface area contributed by atoms with Crippen molar-refractivity contribution in [3.8, 4) is 27.4 Å². The molecule has 2 aliphatic rings. The topological polar surface area (TPSA) is 218 Å². The number of methoxy groups -OCH3 is 1. The van der Waals surface area contributed by atoms with E-state index in [0.717, 1.165) is 103 Å². The number of ether oxygens (including phenoxy) is 2. The van der Waals surface area contributed by atoms with Gasteiger partial charge in [-0.15, -0.1) is 22.7 Å². The van der Waals surface area contributed by atoms with Gasteiger partial charge in [0.1, 0.15) is 17.8 Å². The molecule has 17 nitrogen and oxygen atoms in total. The molecular formula is C68H76ClN9O8S3. The lowest BCUT2D eigenvalue weighted by atomic mass is 9.85. The number of aromatic nitrogens is 4. The molecule has 0 unspecified atom stereocenters. The molecule has 2 aliphatic heterocycles. The zero-order valence-corrected chi connectivity index (χ0v) is 54.5. The van der Waals surface area contributed by atoms with E-state index in [4.69, 9.17) is 31.0 Å². The van der Waals surface area contributed by atoms with Crippen LogP contribution in [0.25, 0.3) is 31.9 Å². The number of likely N-dealkylation sites (tertiary alicyclic amines) is 1. The Morgan fingerprint density at radius 2 is 1.65 bits per heavy atom. The quantitative estimate of drug-likeness (QED) is 0.0327. The van der Waals surface area contributed by atoms with E-state index >= 15 is 0 Å². The van der Waals surface area contributed by atoms with Gasteiger partial charge in [-0.2, -0.15) is 0 Å². The Morgan fingerprint density at radius 3 is 2.39 bits per heavy atom. The SMILES string of the molecule is COC(=O)c1nc(N2CCc3cccc(C(=O)Nc4nc5ccccc5s4)c3C2)sc1CCCOc1ccc(-c2ncc(CCCCCCCC(=O)N[C@H](C(=O)N3C[C@H](O)C[C@H]3C(=O)N[C@@H](C)c3ccc(-c4scnc4C)cc3)C(C)(C)C)cc2Cl)c(C)c1. The van der Waals surface area contributed by atoms with Gasteiger partial charge in [0.25, 0.3) is 5.91 Å². The molecule has 0 aliphatic carbocycles. The van der Waals surface area contributed by atoms with Crippen LogP contribution >= 0.6 is 45.6 Å². The average Bonchev–Trinajstić information content (AvgIpc) is 2.56. The number of halogens is 1. The van der Waals surface area contributed by atoms with Crippen molar-refractivity contribution in [3.05, 3.63) is 157 Å². The van der Waals surface area contributed by atoms with E-state index in [2.05, 4.69) is 36.9 Å². The second-order valence-electron chi connectivity index (χ2n) is 24.1. The molecule has 21 heteroatoms. The number of nitrogens with one attached hydrogen (secondary N) is 3. The number of amides is 4. The molecule has 0 radical (unpaired) electrons. The fourth-order valence-electron chi connectivity index (χ4n) is 11.6. The Labute approximate surface area is 536 Å². The number of pyridine rings is 1. The smallest absolute Gasteiger partial charge is 0.357 e. The van der Waals surface area contributed by atoms with Crippen LogP contribution in [-0.2, 0) is 44.9 Å². The summed E-state index contributed by atoms with van der Waals surface area (Å²) < 4.78 is 12.4. The number of aryl methyl sites for hydroxylation is 4. The van der Waals surface area contributed by atoms with Gasteiger partial charge in [-0.1, -0.05) is 112 Å². The Kier molecular flexibility index (Phi) is 20.9. The van der Waals surface area contributed by atoms with E-state index in [1.54, 1.807) is 11.3 Å². The normalized spacial score (nSPS) is 15.6. The first-order valence-electron chi connectivity index (χ1n) is 30.4. The third-order valence-electron chi connectivity index (χ3n) is 16.5. The molecule has 4 atom stereocenters. The Morgan fingerprint density at radius 1 is 0.865 bits per heavy atom. The van der Waals surface area contributed by atoms with Crippen LogP contribution in [0.5, 0.6) is 5.75 Å². The number of hydrogen-bond donors (Lipinski definition) is 4. The number of carbonyl (C=O) groups is 5. The molecule has 0 spiro atoms. The number of para-hydroxylation sites is 1. The monoisotopic (exact) mass is 1280 g/mol. The van der Waals surface area contributed by atoms with Gasteiger partial charge in [0.15, 0.2) is 16.0 Å². The van der Waals surface area contributed by atoms with Gasteiger partial charge < -0.3 is 35.0 Å². The first kappa shape index (κ1) is 64.4. The van der Waals surface area contributed by atoms with Gasteiger partial charge in [0.05, 0.1) is 62.9 Å². The Balaban J connectivity index is 0.645. The van der Waals surface area contributed by atoms with E-state index in [9.17, 15) is 29.1 Å². The second kappa shape index (κ2) is 28.9. The van der Waals surface area contributed by atoms with Crippen LogP contribution in [0.15, 0.2) is 103 Å². The lowest BCUT2D eigenvalue weighted by Gasteiger charge is -2.35. The molecular weight excluding hydrogens is 1200 g/mol. The molecule has 4 aromatic carbocycles. The molecule has 1 saturated heterocycles. The highest BCUT2D eigenvalue weighted by Crippen LogP contribution is 2.36. The summed E-state index contributed by atoms with van der Waals surface area (Å²) in [5.41, 5.74) is 11.5. The number of aliphatic hydroxyl groups excluding tert-OH is 1. The van der Waals surface area contributed by atoms with Crippen LogP contribution in [0.3, 0.4) is 0 Å². The molecule has 4 amide bonds. The highest BCUT2D eigenvalue weighted by Gasteiger charge is 2.45. The lowest BCUT2D eigenvalue weighted by molar-refractivity contribution is -0.144. The largest absolute Gasteiger partial charge is 0.494 e. The standard InChI is InChI=1S/C68H76ClN9O8S3/c1-40-33-48(86-32-16-22-56-59(65(84)85-7)75-67(89-56)77-31-30-45-18-15-19-50(51(45)38-77)62(81)76-66-73-53-20-13-14-21-55(53)88-66)28-29-49(40)58-52(69)34-43(36-70-58)17-11-9-8-10-12-23-57(80)74-61(68(4,5)6)64(83)78-37-47(79)35-54(78)63(82)72-41(2)44-24-26-46(27-25-44)60-42(3)71-39-87-60/h13-15,18-21,24-29,33-34,36,39,41,47,54,61,79H,8-12,16-17,22-23,30-32,35,37-38H2,1-7H3,(H,72,82)(H,74,80)(H,73,76,81)/t41-,47+,54-,61+/m0/s1. The van der Waals surface area contributed by atoms with Gasteiger partial charge in [-0.25, -0.2) is 19.7 Å². The summed E-state index contributed by atoms with van der Waals surface area (Å²) in [5.74, 6) is -0.949. The Bertz CT molecular complexity index is 3830. The van der Waals surface area contributed by atoms with E-state index in [0.29, 0.717) is 76.9 Å². The summed E-state index contributed by atoms with van der Waals surface area (Å²) in [7, 11) is 1.36. The lowest BCUT2D eigenvalue weighted by Crippen LogP contribution is -2.57. The number of unbranched alkanes of at least 4 members (excludes halogenated alkanes) is 4. The number of nitrogens with zero attached hydrogens (tertiary/aromatic N) is 6. The van der Waals surface area contributed by atoms with Crippen LogP contribution in [0.2, 0.25) is 5.02 Å². The van der Waals surface area contributed by atoms with Crippen molar-refractivity contribution < 1.29 is 38.6 Å². The van der Waals surface area contributed by atoms with Crippen LogP contribution in [0.4, 0.5) is 10.3 Å². The summed E-state index contributed by atoms with van der Waals surface area (Å²) in [6.45, 7) is 13.1. The van der Waals surface area contributed by atoms with Crippen LogP contribution in [0.1, 0.15) is 144 Å². The van der Waals surface area contributed by atoms with Gasteiger partial charge in [0.2, 0.25) is 17.7 Å². The maximum Gasteiger partial charge on any atom is 0.357 e. The van der Waals surface area contributed by atoms with Crippen LogP contribution in [0, 0.1) is 19.3 Å². The van der Waals surface area contributed by atoms with E-state index in [1.165, 1.54) is 34.7 Å². The van der Waals surface area contributed by atoms with Gasteiger partial charge in [-0.05, 0) is 141 Å². The third kappa shape index (κ3) is 15.7. The third-order valence-corrected chi connectivity index (χ3v) is 19.9. The first-order chi connectivity index (χ1) is 42.8. The minimum atomic E-state index is -0.886. The Hall–Kier alpha value is -7.62. The minimum absolute atomic E-state index is 0.00997. The fraction of sp³-hybridized carbons (Fsp3) is 0.397. The maximum atomic E-state index is 14.2. The van der Waals surface area contributed by atoms with Gasteiger partial charge >= 0.3 is 5.97 Å². The highest BCUT2D eigenvalue weighted by atomic mass is 35.5. The van der Waals surface area contributed by atoms with Gasteiger partial charge in [-0.3, -0.25) is 29.5 Å². The minimum Gasteiger partial charge on any atom is -0.494 e. The van der Waals surface area contributed by atoms with E-state index < -0.39 is 29.6 Å². The molecule has 1 fully saturated rings. The van der Waals surface area contributed by atoms with Crippen molar-refractivity contribution in [2.75, 3.05) is 37.0 Å². The summed E-state index contributed by atoms with van der Waals surface area (Å²) >= 11 is 11.4. The molecule has 0 bridgehead atoms. The van der Waals surface area contributed by atoms with Crippen molar-refractivity contribution >= 4 is 95.7 Å². The number of hydrogen-bond acceptors (Lipinski definition) is 16.